The molecule has 1 saturated heterocycles. The van der Waals surface area contributed by atoms with Crippen molar-refractivity contribution in [1.29, 1.82) is 0 Å². The summed E-state index contributed by atoms with van der Waals surface area (Å²) in [5.74, 6) is 3.20. The van der Waals surface area contributed by atoms with E-state index in [9.17, 15) is 0 Å². The van der Waals surface area contributed by atoms with Gasteiger partial charge in [-0.15, -0.1) is 24.0 Å². The van der Waals surface area contributed by atoms with Crippen molar-refractivity contribution in [3.05, 3.63) is 23.8 Å². The molecule has 1 aliphatic heterocycles. The quantitative estimate of drug-likeness (QED) is 0.343. The predicted molar refractivity (Wildman–Crippen MR) is 121 cm³/mol. The van der Waals surface area contributed by atoms with Crippen molar-refractivity contribution >= 4 is 29.9 Å². The van der Waals surface area contributed by atoms with Crippen LogP contribution >= 0.6 is 24.0 Å². The van der Waals surface area contributed by atoms with Crippen LogP contribution in [0.4, 0.5) is 0 Å². The number of nitrogens with one attached hydrogen (secondary N) is 1. The standard InChI is InChI=1S/C20H33N3O3.HI/c1-5-26-19-14-17(6-7-18(19)24-4)15-22-20(21-2)23(3)11-8-16-9-12-25-13-10-16;/h6-7,14,16H,5,8-13,15H2,1-4H3,(H,21,22);1H. The van der Waals surface area contributed by atoms with Crippen LogP contribution in [0, 0.1) is 5.92 Å². The highest BCUT2D eigenvalue weighted by Gasteiger charge is 2.15. The molecule has 1 aromatic rings. The van der Waals surface area contributed by atoms with Crippen LogP contribution in [-0.2, 0) is 11.3 Å². The second-order valence-corrected chi connectivity index (χ2v) is 6.58. The molecule has 0 aromatic heterocycles. The van der Waals surface area contributed by atoms with E-state index in [2.05, 4.69) is 22.3 Å². The molecule has 1 aromatic carbocycles. The average Bonchev–Trinajstić information content (AvgIpc) is 2.68. The lowest BCUT2D eigenvalue weighted by atomic mass is 9.96. The van der Waals surface area contributed by atoms with Crippen molar-refractivity contribution in [2.45, 2.75) is 32.7 Å². The Hall–Kier alpha value is -1.22. The van der Waals surface area contributed by atoms with Gasteiger partial charge in [-0.3, -0.25) is 4.99 Å². The first-order valence-corrected chi connectivity index (χ1v) is 9.47. The second-order valence-electron chi connectivity index (χ2n) is 6.58. The molecule has 0 radical (unpaired) electrons. The monoisotopic (exact) mass is 491 g/mol. The molecule has 0 spiro atoms. The van der Waals surface area contributed by atoms with E-state index in [0.717, 1.165) is 48.7 Å². The lowest BCUT2D eigenvalue weighted by Crippen LogP contribution is -2.39. The number of hydrogen-bond donors (Lipinski definition) is 1. The molecule has 1 heterocycles. The van der Waals surface area contributed by atoms with Gasteiger partial charge in [0.15, 0.2) is 17.5 Å². The maximum absolute atomic E-state index is 5.65. The van der Waals surface area contributed by atoms with Crippen LogP contribution in [0.1, 0.15) is 31.7 Å². The Morgan fingerprint density at radius 2 is 2.04 bits per heavy atom. The summed E-state index contributed by atoms with van der Waals surface area (Å²) in [5, 5.41) is 3.43. The fourth-order valence-electron chi connectivity index (χ4n) is 3.18. The van der Waals surface area contributed by atoms with Gasteiger partial charge in [0.1, 0.15) is 0 Å². The number of benzene rings is 1. The van der Waals surface area contributed by atoms with Crippen LogP contribution in [0.5, 0.6) is 11.5 Å². The summed E-state index contributed by atoms with van der Waals surface area (Å²) < 4.78 is 16.4. The van der Waals surface area contributed by atoms with Crippen molar-refractivity contribution in [3.63, 3.8) is 0 Å². The third-order valence-corrected chi connectivity index (χ3v) is 4.77. The first kappa shape index (κ1) is 23.8. The Kier molecular flexibility index (Phi) is 11.5. The molecule has 0 unspecified atom stereocenters. The van der Waals surface area contributed by atoms with Gasteiger partial charge >= 0.3 is 0 Å². The summed E-state index contributed by atoms with van der Waals surface area (Å²) in [4.78, 5) is 6.61. The molecule has 27 heavy (non-hydrogen) atoms. The van der Waals surface area contributed by atoms with Crippen LogP contribution in [0.25, 0.3) is 0 Å². The van der Waals surface area contributed by atoms with Crippen LogP contribution < -0.4 is 14.8 Å². The van der Waals surface area contributed by atoms with E-state index in [1.54, 1.807) is 7.11 Å². The maximum atomic E-state index is 5.65. The number of methoxy groups -OCH3 is 1. The van der Waals surface area contributed by atoms with Gasteiger partial charge in [-0.05, 0) is 49.8 Å². The maximum Gasteiger partial charge on any atom is 0.193 e. The van der Waals surface area contributed by atoms with E-state index in [0.29, 0.717) is 13.2 Å². The van der Waals surface area contributed by atoms with Gasteiger partial charge in [0.25, 0.3) is 0 Å². The van der Waals surface area contributed by atoms with Crippen molar-refractivity contribution in [3.8, 4) is 11.5 Å². The Bertz CT molecular complexity index is 578. The smallest absolute Gasteiger partial charge is 0.193 e. The Morgan fingerprint density at radius 3 is 2.67 bits per heavy atom. The molecule has 154 valence electrons. The molecule has 7 heteroatoms. The lowest BCUT2D eigenvalue weighted by Gasteiger charge is -2.27. The lowest BCUT2D eigenvalue weighted by molar-refractivity contribution is 0.0625. The number of nitrogens with zero attached hydrogens (tertiary/aromatic N) is 2. The zero-order valence-corrected chi connectivity index (χ0v) is 19.3. The van der Waals surface area contributed by atoms with Crippen molar-refractivity contribution < 1.29 is 14.2 Å². The van der Waals surface area contributed by atoms with Gasteiger partial charge in [0.05, 0.1) is 13.7 Å². The van der Waals surface area contributed by atoms with E-state index in [-0.39, 0.29) is 24.0 Å². The predicted octanol–water partition coefficient (Wildman–Crippen LogP) is 3.54. The van der Waals surface area contributed by atoms with Crippen molar-refractivity contribution in [2.75, 3.05) is 47.6 Å². The molecular formula is C20H34IN3O3. The van der Waals surface area contributed by atoms with Gasteiger partial charge in [0.2, 0.25) is 0 Å². The van der Waals surface area contributed by atoms with Crippen LogP contribution in [0.2, 0.25) is 0 Å². The number of guanidine groups is 1. The number of rotatable bonds is 8. The van der Waals surface area contributed by atoms with Gasteiger partial charge in [0, 0.05) is 40.4 Å². The Labute approximate surface area is 180 Å². The first-order chi connectivity index (χ1) is 12.7. The minimum Gasteiger partial charge on any atom is -0.493 e. The van der Waals surface area contributed by atoms with E-state index >= 15 is 0 Å². The fourth-order valence-corrected chi connectivity index (χ4v) is 3.18. The molecule has 0 atom stereocenters. The average molecular weight is 491 g/mol. The highest BCUT2D eigenvalue weighted by molar-refractivity contribution is 14.0. The van der Waals surface area contributed by atoms with E-state index < -0.39 is 0 Å². The van der Waals surface area contributed by atoms with E-state index in [1.807, 2.05) is 32.2 Å². The summed E-state index contributed by atoms with van der Waals surface area (Å²) in [6.07, 6.45) is 3.52. The van der Waals surface area contributed by atoms with Crippen LogP contribution in [0.15, 0.2) is 23.2 Å². The van der Waals surface area contributed by atoms with E-state index in [4.69, 9.17) is 14.2 Å². The van der Waals surface area contributed by atoms with Crippen molar-refractivity contribution in [1.82, 2.24) is 10.2 Å². The van der Waals surface area contributed by atoms with Gasteiger partial charge in [-0.2, -0.15) is 0 Å². The normalized spacial score (nSPS) is 15.0. The molecule has 0 saturated carbocycles. The number of halogens is 1. The summed E-state index contributed by atoms with van der Waals surface area (Å²) in [6.45, 7) is 6.08. The molecule has 0 aliphatic carbocycles. The topological polar surface area (TPSA) is 55.3 Å². The molecule has 1 N–H and O–H groups in total. The SMILES string of the molecule is CCOc1cc(CNC(=NC)N(C)CCC2CCOCC2)ccc1OC.I. The van der Waals surface area contributed by atoms with Gasteiger partial charge < -0.3 is 24.4 Å². The Balaban J connectivity index is 0.00000364. The Morgan fingerprint density at radius 1 is 1.30 bits per heavy atom. The molecule has 2 rings (SSSR count). The largest absolute Gasteiger partial charge is 0.493 e. The minimum absolute atomic E-state index is 0. The highest BCUT2D eigenvalue weighted by atomic mass is 127. The molecule has 0 bridgehead atoms. The van der Waals surface area contributed by atoms with Gasteiger partial charge in [-0.1, -0.05) is 6.07 Å². The number of aliphatic imine (C=N–C) groups is 1. The minimum atomic E-state index is 0. The van der Waals surface area contributed by atoms with Gasteiger partial charge in [-0.25, -0.2) is 0 Å². The summed E-state index contributed by atoms with van der Waals surface area (Å²) in [5.41, 5.74) is 1.13. The van der Waals surface area contributed by atoms with E-state index in [1.165, 1.54) is 19.3 Å². The fraction of sp³-hybridized carbons (Fsp3) is 0.650. The third kappa shape index (κ3) is 7.73. The number of hydrogen-bond acceptors (Lipinski definition) is 4. The molecule has 0 amide bonds. The molecule has 1 fully saturated rings. The van der Waals surface area contributed by atoms with Crippen LogP contribution in [0.3, 0.4) is 0 Å². The molecular weight excluding hydrogens is 457 g/mol. The third-order valence-electron chi connectivity index (χ3n) is 4.77. The number of ether oxygens (including phenoxy) is 3. The van der Waals surface area contributed by atoms with Crippen LogP contribution in [-0.4, -0.2) is 58.4 Å². The van der Waals surface area contributed by atoms with Crippen molar-refractivity contribution in [2.24, 2.45) is 10.9 Å². The second kappa shape index (κ2) is 13.0. The molecule has 6 nitrogen and oxygen atoms in total. The zero-order valence-electron chi connectivity index (χ0n) is 17.0. The highest BCUT2D eigenvalue weighted by Crippen LogP contribution is 2.28. The summed E-state index contributed by atoms with van der Waals surface area (Å²) in [7, 11) is 5.58. The summed E-state index contributed by atoms with van der Waals surface area (Å²) >= 11 is 0. The first-order valence-electron chi connectivity index (χ1n) is 9.47. The zero-order chi connectivity index (χ0) is 18.8. The molecule has 1 aliphatic rings. The summed E-state index contributed by atoms with van der Waals surface area (Å²) in [6, 6.07) is 6.01.